The molecule has 15 heavy (non-hydrogen) atoms. The predicted octanol–water partition coefficient (Wildman–Crippen LogP) is 3.36. The van der Waals surface area contributed by atoms with E-state index in [1.165, 1.54) is 35.5 Å². The van der Waals surface area contributed by atoms with E-state index in [2.05, 4.69) is 36.5 Å². The lowest BCUT2D eigenvalue weighted by atomic mass is 10.0. The Balaban J connectivity index is 1.85. The maximum atomic E-state index is 3.59. The van der Waals surface area contributed by atoms with Crippen LogP contribution in [0.25, 0.3) is 0 Å². The fourth-order valence-corrected chi connectivity index (χ4v) is 2.83. The van der Waals surface area contributed by atoms with Crippen molar-refractivity contribution in [1.82, 2.24) is 5.32 Å². The Labute approximate surface area is 96.7 Å². The van der Waals surface area contributed by atoms with Crippen LogP contribution < -0.4 is 5.32 Å². The molecular weight excluding hydrogens is 202 g/mol. The minimum Gasteiger partial charge on any atom is -0.306 e. The highest BCUT2D eigenvalue weighted by Crippen LogP contribution is 2.28. The van der Waals surface area contributed by atoms with Crippen LogP contribution in [-0.4, -0.2) is 11.5 Å². The zero-order valence-corrected chi connectivity index (χ0v) is 10.1. The minimum atomic E-state index is 0.610. The van der Waals surface area contributed by atoms with Gasteiger partial charge in [0.15, 0.2) is 0 Å². The summed E-state index contributed by atoms with van der Waals surface area (Å²) < 4.78 is 0. The second-order valence-electron chi connectivity index (χ2n) is 3.97. The Morgan fingerprint density at radius 3 is 3.13 bits per heavy atom. The van der Waals surface area contributed by atoms with Gasteiger partial charge < -0.3 is 5.32 Å². The molecule has 2 heteroatoms. The van der Waals surface area contributed by atoms with Crippen LogP contribution in [0.4, 0.5) is 0 Å². The van der Waals surface area contributed by atoms with Crippen LogP contribution in [0.5, 0.6) is 0 Å². The third-order valence-corrected chi connectivity index (χ3v) is 3.94. The molecule has 1 heterocycles. The van der Waals surface area contributed by atoms with Crippen molar-refractivity contribution < 1.29 is 0 Å². The molecule has 1 aromatic rings. The summed E-state index contributed by atoms with van der Waals surface area (Å²) in [6, 6.07) is 9.41. The first-order chi connectivity index (χ1) is 7.42. The smallest absolute Gasteiger partial charge is 0.0326 e. The number of benzene rings is 1. The summed E-state index contributed by atoms with van der Waals surface area (Å²) in [5, 5.41) is 3.59. The van der Waals surface area contributed by atoms with E-state index < -0.39 is 0 Å². The van der Waals surface area contributed by atoms with Crippen molar-refractivity contribution in [2.45, 2.75) is 32.4 Å². The second kappa shape index (κ2) is 5.57. The average Bonchev–Trinajstić information content (AvgIpc) is 2.68. The molecule has 0 aromatic heterocycles. The Hall–Kier alpha value is -0.470. The van der Waals surface area contributed by atoms with Crippen molar-refractivity contribution in [2.75, 3.05) is 11.5 Å². The van der Waals surface area contributed by atoms with Gasteiger partial charge in [-0.15, -0.1) is 0 Å². The molecule has 0 amide bonds. The zero-order chi connectivity index (χ0) is 10.5. The summed E-state index contributed by atoms with van der Waals surface area (Å²) in [6.45, 7) is 3.29. The van der Waals surface area contributed by atoms with Crippen LogP contribution in [0, 0.1) is 0 Å². The third kappa shape index (κ3) is 2.76. The molecule has 82 valence electrons. The van der Waals surface area contributed by atoms with E-state index in [1.54, 1.807) is 0 Å². The van der Waals surface area contributed by atoms with E-state index in [1.807, 2.05) is 11.8 Å². The Morgan fingerprint density at radius 2 is 2.27 bits per heavy atom. The molecule has 1 unspecified atom stereocenters. The lowest BCUT2D eigenvalue weighted by molar-refractivity contribution is 0.537. The summed E-state index contributed by atoms with van der Waals surface area (Å²) >= 11 is 2.04. The van der Waals surface area contributed by atoms with Crippen molar-refractivity contribution in [2.24, 2.45) is 0 Å². The Kier molecular flexibility index (Phi) is 4.09. The summed E-state index contributed by atoms with van der Waals surface area (Å²) in [5.74, 6) is 2.55. The van der Waals surface area contributed by atoms with Gasteiger partial charge in [-0.25, -0.2) is 0 Å². The lowest BCUT2D eigenvalue weighted by Crippen LogP contribution is -2.12. The molecule has 0 radical (unpaired) electrons. The minimum absolute atomic E-state index is 0.610. The van der Waals surface area contributed by atoms with Crippen LogP contribution in [0.15, 0.2) is 24.3 Å². The molecule has 0 aliphatic carbocycles. The van der Waals surface area contributed by atoms with Gasteiger partial charge in [-0.2, -0.15) is 11.8 Å². The predicted molar refractivity (Wildman–Crippen MR) is 68.3 cm³/mol. The van der Waals surface area contributed by atoms with Gasteiger partial charge in [0, 0.05) is 12.6 Å². The number of hydrogen-bond donors (Lipinski definition) is 1. The summed E-state index contributed by atoms with van der Waals surface area (Å²) in [7, 11) is 0. The Bertz CT molecular complexity index is 311. The van der Waals surface area contributed by atoms with E-state index in [0.717, 1.165) is 6.54 Å². The van der Waals surface area contributed by atoms with E-state index >= 15 is 0 Å². The zero-order valence-electron chi connectivity index (χ0n) is 9.33. The highest BCUT2D eigenvalue weighted by Gasteiger charge is 2.19. The fraction of sp³-hybridized carbons (Fsp3) is 0.538. The van der Waals surface area contributed by atoms with Crippen LogP contribution in [0.2, 0.25) is 0 Å². The number of fused-ring (bicyclic) bond motifs is 1. The van der Waals surface area contributed by atoms with Crippen LogP contribution >= 0.6 is 11.8 Å². The quantitative estimate of drug-likeness (QED) is 0.765. The van der Waals surface area contributed by atoms with Crippen molar-refractivity contribution in [1.29, 1.82) is 0 Å². The molecule has 0 spiro atoms. The molecular formula is C13H19NS. The number of hydrogen-bond acceptors (Lipinski definition) is 2. The van der Waals surface area contributed by atoms with Gasteiger partial charge in [0.05, 0.1) is 0 Å². The lowest BCUT2D eigenvalue weighted by Gasteiger charge is -2.11. The topological polar surface area (TPSA) is 12.0 Å². The van der Waals surface area contributed by atoms with Gasteiger partial charge in [-0.3, -0.25) is 0 Å². The van der Waals surface area contributed by atoms with E-state index in [9.17, 15) is 0 Å². The highest BCUT2D eigenvalue weighted by molar-refractivity contribution is 7.99. The van der Waals surface area contributed by atoms with E-state index in [-0.39, 0.29) is 0 Å². The van der Waals surface area contributed by atoms with Gasteiger partial charge in [0.25, 0.3) is 0 Å². The molecule has 1 aliphatic rings. The van der Waals surface area contributed by atoms with Gasteiger partial charge in [-0.1, -0.05) is 31.2 Å². The summed E-state index contributed by atoms with van der Waals surface area (Å²) in [6.07, 6.45) is 2.61. The third-order valence-electron chi connectivity index (χ3n) is 2.96. The summed E-state index contributed by atoms with van der Waals surface area (Å²) in [4.78, 5) is 0. The molecule has 0 bridgehead atoms. The molecule has 0 saturated carbocycles. The van der Waals surface area contributed by atoms with Crippen molar-refractivity contribution in [3.8, 4) is 0 Å². The van der Waals surface area contributed by atoms with Crippen molar-refractivity contribution in [3.05, 3.63) is 35.4 Å². The van der Waals surface area contributed by atoms with Crippen LogP contribution in [0.3, 0.4) is 0 Å². The SMILES string of the molecule is CCSCCCC1NCc2ccccc21. The normalized spacial score (nSPS) is 19.1. The molecule has 1 aliphatic heterocycles. The number of thioether (sulfide) groups is 1. The monoisotopic (exact) mass is 221 g/mol. The first-order valence-electron chi connectivity index (χ1n) is 5.80. The Morgan fingerprint density at radius 1 is 1.40 bits per heavy atom. The molecule has 1 aromatic carbocycles. The maximum absolute atomic E-state index is 3.59. The molecule has 1 N–H and O–H groups in total. The maximum Gasteiger partial charge on any atom is 0.0326 e. The van der Waals surface area contributed by atoms with Gasteiger partial charge in [0.2, 0.25) is 0 Å². The average molecular weight is 221 g/mol. The van der Waals surface area contributed by atoms with Crippen molar-refractivity contribution >= 4 is 11.8 Å². The standard InChI is InChI=1S/C13H19NS/c1-2-15-9-5-8-13-12-7-4-3-6-11(12)10-14-13/h3-4,6-7,13-14H,2,5,8-10H2,1H3. The molecule has 0 fully saturated rings. The largest absolute Gasteiger partial charge is 0.306 e. The first kappa shape index (κ1) is 11.0. The second-order valence-corrected chi connectivity index (χ2v) is 5.37. The van der Waals surface area contributed by atoms with Gasteiger partial charge in [0.1, 0.15) is 0 Å². The van der Waals surface area contributed by atoms with Crippen LogP contribution in [0.1, 0.15) is 36.9 Å². The molecule has 1 nitrogen and oxygen atoms in total. The summed E-state index contributed by atoms with van der Waals surface area (Å²) in [5.41, 5.74) is 3.02. The first-order valence-corrected chi connectivity index (χ1v) is 6.96. The van der Waals surface area contributed by atoms with Crippen molar-refractivity contribution in [3.63, 3.8) is 0 Å². The van der Waals surface area contributed by atoms with Gasteiger partial charge >= 0.3 is 0 Å². The fourth-order valence-electron chi connectivity index (χ4n) is 2.17. The number of nitrogens with one attached hydrogen (secondary N) is 1. The number of rotatable bonds is 5. The molecule has 0 saturated heterocycles. The van der Waals surface area contributed by atoms with Crippen LogP contribution in [-0.2, 0) is 6.54 Å². The van der Waals surface area contributed by atoms with Gasteiger partial charge in [-0.05, 0) is 35.5 Å². The van der Waals surface area contributed by atoms with E-state index in [4.69, 9.17) is 0 Å². The molecule has 2 rings (SSSR count). The van der Waals surface area contributed by atoms with E-state index in [0.29, 0.717) is 6.04 Å². The molecule has 1 atom stereocenters. The highest BCUT2D eigenvalue weighted by atomic mass is 32.2.